The number of ether oxygens (including phenoxy) is 4. The van der Waals surface area contributed by atoms with E-state index in [4.69, 9.17) is 18.9 Å². The van der Waals surface area contributed by atoms with Crippen molar-refractivity contribution in [2.75, 3.05) is 13.2 Å². The number of hydrogen-bond acceptors (Lipinski definition) is 12. The van der Waals surface area contributed by atoms with E-state index in [9.17, 15) is 38.6 Å². The molecule has 50 heavy (non-hydrogen) atoms. The highest BCUT2D eigenvalue weighted by Gasteiger charge is 2.37. The van der Waals surface area contributed by atoms with Crippen molar-refractivity contribution in [3.63, 3.8) is 0 Å². The average molecular weight is 717 g/mol. The van der Waals surface area contributed by atoms with Crippen LogP contribution in [-0.4, -0.2) is 90.4 Å². The second kappa shape index (κ2) is 16.5. The summed E-state index contributed by atoms with van der Waals surface area (Å²) in [4.78, 5) is 44.8. The van der Waals surface area contributed by atoms with E-state index in [0.717, 1.165) is 12.4 Å². The molecule has 2 aliphatic rings. The number of amides is 2. The summed E-state index contributed by atoms with van der Waals surface area (Å²) in [7, 11) is 3.14. The molecule has 2 aromatic heterocycles. The molecule has 2 N–H and O–H groups in total. The van der Waals surface area contributed by atoms with E-state index in [0.29, 0.717) is 6.42 Å². The first-order valence-corrected chi connectivity index (χ1v) is 16.0. The summed E-state index contributed by atoms with van der Waals surface area (Å²) in [6.45, 7) is 9.87. The molecule has 0 aliphatic carbocycles. The fourth-order valence-corrected chi connectivity index (χ4v) is 5.38. The molecule has 4 heterocycles. The molecular weight excluding hydrogens is 670 g/mol. The van der Waals surface area contributed by atoms with E-state index in [1.165, 1.54) is 9.36 Å². The third kappa shape index (κ3) is 11.3. The molecule has 2 aliphatic heterocycles. The predicted molar refractivity (Wildman–Crippen MR) is 172 cm³/mol. The first-order chi connectivity index (χ1) is 23.2. The van der Waals surface area contributed by atoms with E-state index >= 15 is 0 Å². The minimum Gasteiger partial charge on any atom is -0.444 e. The van der Waals surface area contributed by atoms with Gasteiger partial charge in [-0.2, -0.15) is 10.2 Å². The molecule has 4 rings (SSSR count). The zero-order chi connectivity index (χ0) is 37.6. The first-order valence-electron chi connectivity index (χ1n) is 16.0. The Bertz CT molecular complexity index is 1390. The number of aromatic nitrogens is 4. The van der Waals surface area contributed by atoms with E-state index in [1.807, 2.05) is 0 Å². The quantitative estimate of drug-likeness (QED) is 0.304. The maximum Gasteiger partial charge on any atom is 0.408 e. The second-order valence-corrected chi connectivity index (χ2v) is 13.9. The number of alkyl halides is 2. The third-order valence-corrected chi connectivity index (χ3v) is 7.59. The van der Waals surface area contributed by atoms with Crippen LogP contribution in [0.3, 0.4) is 0 Å². The number of alkyl carbamates (subject to hydrolysis) is 2. The normalized spacial score (nSPS) is 24.4. The fraction of sp³-hybridized carbons (Fsp3) is 0.733. The van der Waals surface area contributed by atoms with Gasteiger partial charge in [0.05, 0.1) is 35.1 Å². The lowest BCUT2D eigenvalue weighted by molar-refractivity contribution is -0.386. The van der Waals surface area contributed by atoms with Gasteiger partial charge in [0.15, 0.2) is 0 Å². The number of aryl methyl sites for hydroxylation is 2. The smallest absolute Gasteiger partial charge is 0.408 e. The SMILES string of the molecule is Cn1ncc([N+](=O)[O-])c1[C@@H]1CC[C@H](F)[C@H](NC(=O)OC(C)(C)C)CO1.Cn1ncc([N+](=O)[O-])c1[C@@H]1CC[C@H](NC(=O)OC(C)(C)C)[C@H](F)CO1. The lowest BCUT2D eigenvalue weighted by atomic mass is 10.0. The van der Waals surface area contributed by atoms with Crippen molar-refractivity contribution in [2.45, 2.75) is 115 Å². The van der Waals surface area contributed by atoms with Crippen LogP contribution in [0.4, 0.5) is 29.7 Å². The van der Waals surface area contributed by atoms with Crippen LogP contribution in [0.1, 0.15) is 90.8 Å². The number of rotatable bonds is 6. The average Bonchev–Trinajstić information content (AvgIpc) is 3.45. The van der Waals surface area contributed by atoms with E-state index < -0.39 is 69.9 Å². The number of nitrogens with one attached hydrogen (secondary N) is 2. The highest BCUT2D eigenvalue weighted by atomic mass is 19.1. The maximum absolute atomic E-state index is 14.4. The summed E-state index contributed by atoms with van der Waals surface area (Å²) in [6, 6.07) is -1.67. The Kier molecular flexibility index (Phi) is 13.2. The van der Waals surface area contributed by atoms with Crippen molar-refractivity contribution < 1.29 is 47.2 Å². The molecule has 0 aromatic carbocycles. The van der Waals surface area contributed by atoms with Gasteiger partial charge in [-0.05, 0) is 67.2 Å². The summed E-state index contributed by atoms with van der Waals surface area (Å²) in [5.74, 6) is 0. The van der Waals surface area contributed by atoms with E-state index in [-0.39, 0.29) is 55.2 Å². The maximum atomic E-state index is 14.4. The minimum atomic E-state index is -1.44. The van der Waals surface area contributed by atoms with Gasteiger partial charge in [-0.15, -0.1) is 0 Å². The van der Waals surface area contributed by atoms with Gasteiger partial charge < -0.3 is 29.6 Å². The molecule has 0 bridgehead atoms. The number of halogens is 2. The third-order valence-electron chi connectivity index (χ3n) is 7.59. The summed E-state index contributed by atoms with van der Waals surface area (Å²) >= 11 is 0. The Labute approximate surface area is 287 Å². The molecule has 18 nitrogen and oxygen atoms in total. The second-order valence-electron chi connectivity index (χ2n) is 13.9. The fourth-order valence-electron chi connectivity index (χ4n) is 5.38. The van der Waals surface area contributed by atoms with Gasteiger partial charge in [0, 0.05) is 14.1 Å². The number of carbonyl (C=O) groups excluding carboxylic acids is 2. The molecule has 20 heteroatoms. The summed E-state index contributed by atoms with van der Waals surface area (Å²) < 4.78 is 52.8. The largest absolute Gasteiger partial charge is 0.444 e. The van der Waals surface area contributed by atoms with Crippen molar-refractivity contribution in [3.8, 4) is 0 Å². The zero-order valence-electron chi connectivity index (χ0n) is 29.4. The van der Waals surface area contributed by atoms with Gasteiger partial charge in [-0.3, -0.25) is 29.6 Å². The molecule has 2 saturated heterocycles. The highest BCUT2D eigenvalue weighted by Crippen LogP contribution is 2.35. The van der Waals surface area contributed by atoms with Crippen LogP contribution in [0.25, 0.3) is 0 Å². The van der Waals surface area contributed by atoms with E-state index in [1.54, 1.807) is 55.6 Å². The summed E-state index contributed by atoms with van der Waals surface area (Å²) in [5.41, 5.74) is -1.14. The lowest BCUT2D eigenvalue weighted by Gasteiger charge is -2.24. The van der Waals surface area contributed by atoms with Crippen molar-refractivity contribution in [3.05, 3.63) is 44.0 Å². The van der Waals surface area contributed by atoms with Crippen LogP contribution in [-0.2, 0) is 33.0 Å². The van der Waals surface area contributed by atoms with Crippen LogP contribution >= 0.6 is 0 Å². The standard InChI is InChI=1S/2C15H23FN4O5/c1-15(2,3)25-14(21)18-10-5-6-12(24-8-9(10)16)13-11(20(22)23)7-17-19(13)4;1-15(2,3)25-14(21)18-10-8-24-12(6-5-9(10)16)13-11(20(22)23)7-17-19(13)4/h2*7,9-10,12H,5-6,8H2,1-4H3,(H,18,21)/t9-,10+,12+;9-,10+,12-/m10/s1. The molecule has 280 valence electrons. The van der Waals surface area contributed by atoms with Gasteiger partial charge in [0.2, 0.25) is 0 Å². The number of nitrogens with zero attached hydrogens (tertiary/aromatic N) is 6. The van der Waals surface area contributed by atoms with E-state index in [2.05, 4.69) is 20.8 Å². The number of nitro groups is 2. The Hall–Kier alpha value is -4.46. The Morgan fingerprint density at radius 2 is 1.18 bits per heavy atom. The van der Waals surface area contributed by atoms with Crippen molar-refractivity contribution in [1.29, 1.82) is 0 Å². The zero-order valence-corrected chi connectivity index (χ0v) is 29.4. The molecule has 0 saturated carbocycles. The van der Waals surface area contributed by atoms with Crippen LogP contribution < -0.4 is 10.6 Å². The van der Waals surface area contributed by atoms with Crippen LogP contribution in [0, 0.1) is 20.2 Å². The summed E-state index contributed by atoms with van der Waals surface area (Å²) in [5, 5.41) is 35.0. The van der Waals surface area contributed by atoms with Gasteiger partial charge in [0.25, 0.3) is 0 Å². The Balaban J connectivity index is 0.000000270. The van der Waals surface area contributed by atoms with Gasteiger partial charge in [0.1, 0.15) is 59.5 Å². The van der Waals surface area contributed by atoms with Crippen LogP contribution in [0.2, 0.25) is 0 Å². The lowest BCUT2D eigenvalue weighted by Crippen LogP contribution is -2.45. The minimum absolute atomic E-state index is 0.0907. The first kappa shape index (κ1) is 40.0. The molecule has 2 aromatic rings. The van der Waals surface area contributed by atoms with Crippen LogP contribution in [0.5, 0.6) is 0 Å². The highest BCUT2D eigenvalue weighted by molar-refractivity contribution is 5.68. The molecule has 2 fully saturated rings. The predicted octanol–water partition coefficient (Wildman–Crippen LogP) is 4.82. The Morgan fingerprint density at radius 3 is 1.62 bits per heavy atom. The molecule has 0 unspecified atom stereocenters. The van der Waals surface area contributed by atoms with Gasteiger partial charge >= 0.3 is 23.6 Å². The van der Waals surface area contributed by atoms with Crippen molar-refractivity contribution >= 4 is 23.6 Å². The Morgan fingerprint density at radius 1 is 0.760 bits per heavy atom. The monoisotopic (exact) mass is 716 g/mol. The molecule has 2 amide bonds. The van der Waals surface area contributed by atoms with Crippen molar-refractivity contribution in [1.82, 2.24) is 30.2 Å². The molecule has 0 spiro atoms. The number of carbonyl (C=O) groups is 2. The van der Waals surface area contributed by atoms with Gasteiger partial charge in [-0.1, -0.05) is 0 Å². The molecule has 6 atom stereocenters. The van der Waals surface area contributed by atoms with Crippen LogP contribution in [0.15, 0.2) is 12.4 Å². The number of hydrogen-bond donors (Lipinski definition) is 2. The van der Waals surface area contributed by atoms with Crippen molar-refractivity contribution in [2.24, 2.45) is 14.1 Å². The topological polar surface area (TPSA) is 217 Å². The van der Waals surface area contributed by atoms with Gasteiger partial charge in [-0.25, -0.2) is 18.4 Å². The summed E-state index contributed by atoms with van der Waals surface area (Å²) in [6.07, 6.45) is -2.36. The molecular formula is C30H46F2N8O10. The molecule has 0 radical (unpaired) electrons.